The molecule has 0 fully saturated rings. The van der Waals surface area contributed by atoms with Crippen LogP contribution in [-0.2, 0) is 6.54 Å². The fourth-order valence-electron chi connectivity index (χ4n) is 1.44. The molecule has 0 spiro atoms. The first-order chi connectivity index (χ1) is 8.45. The third-order valence-electron chi connectivity index (χ3n) is 2.29. The third-order valence-corrected chi connectivity index (χ3v) is 2.29. The number of rotatable bonds is 4. The minimum Gasteiger partial charge on any atom is -0.269 e. The molecule has 2 aromatic carbocycles. The van der Waals surface area contributed by atoms with Gasteiger partial charge in [0.05, 0.1) is 6.54 Å². The van der Waals surface area contributed by atoms with E-state index >= 15 is 0 Å². The van der Waals surface area contributed by atoms with E-state index in [1.165, 1.54) is 5.56 Å². The fourth-order valence-corrected chi connectivity index (χ4v) is 1.44. The van der Waals surface area contributed by atoms with E-state index in [1.807, 2.05) is 48.5 Å². The Morgan fingerprint density at radius 1 is 0.824 bits per heavy atom. The summed E-state index contributed by atoms with van der Waals surface area (Å²) in [5.74, 6) is 0. The van der Waals surface area contributed by atoms with Gasteiger partial charge in [-0.3, -0.25) is 4.99 Å². The minimum absolute atomic E-state index is 0.674. The molecule has 0 N–H and O–H groups in total. The molecule has 0 saturated heterocycles. The molecule has 0 heterocycles. The van der Waals surface area contributed by atoms with Crippen LogP contribution in [0, 0.1) is 0 Å². The first-order valence-corrected chi connectivity index (χ1v) is 5.55. The molecule has 0 bridgehead atoms. The largest absolute Gasteiger partial charge is 0.269 e. The molecular formula is C15H14N2. The number of nitrogens with zero attached hydrogens (tertiary/aromatic N) is 2. The van der Waals surface area contributed by atoms with Crippen molar-refractivity contribution < 1.29 is 0 Å². The lowest BCUT2D eigenvalue weighted by Gasteiger charge is -1.92. The predicted octanol–water partition coefficient (Wildman–Crippen LogP) is 3.33. The smallest absolute Gasteiger partial charge is 0.110 e. The van der Waals surface area contributed by atoms with Gasteiger partial charge in [-0.15, -0.1) is 0 Å². The van der Waals surface area contributed by atoms with E-state index in [9.17, 15) is 0 Å². The molecule has 2 heteroatoms. The molecule has 0 unspecified atom stereocenters. The Morgan fingerprint density at radius 3 is 2.18 bits per heavy atom. The van der Waals surface area contributed by atoms with Gasteiger partial charge in [-0.1, -0.05) is 60.7 Å². The predicted molar refractivity (Wildman–Crippen MR) is 72.7 cm³/mol. The van der Waals surface area contributed by atoms with E-state index in [2.05, 4.69) is 22.1 Å². The van der Waals surface area contributed by atoms with Crippen molar-refractivity contribution in [1.82, 2.24) is 0 Å². The highest BCUT2D eigenvalue weighted by molar-refractivity contribution is 5.85. The van der Waals surface area contributed by atoms with Crippen LogP contribution in [0.2, 0.25) is 0 Å². The average Bonchev–Trinajstić information content (AvgIpc) is 2.41. The number of hydrogen-bond donors (Lipinski definition) is 0. The monoisotopic (exact) mass is 222 g/mol. The van der Waals surface area contributed by atoms with Gasteiger partial charge in [-0.25, -0.2) is 4.99 Å². The van der Waals surface area contributed by atoms with Gasteiger partial charge in [0.2, 0.25) is 0 Å². The summed E-state index contributed by atoms with van der Waals surface area (Å²) in [7, 11) is 0. The van der Waals surface area contributed by atoms with Gasteiger partial charge in [0.1, 0.15) is 6.34 Å². The lowest BCUT2D eigenvalue weighted by molar-refractivity contribution is 1.07. The Morgan fingerprint density at radius 2 is 1.47 bits per heavy atom. The zero-order valence-electron chi connectivity index (χ0n) is 9.53. The molecule has 0 aliphatic heterocycles. The number of hydrogen-bond acceptors (Lipinski definition) is 1. The van der Waals surface area contributed by atoms with E-state index < -0.39 is 0 Å². The quantitative estimate of drug-likeness (QED) is 0.560. The minimum atomic E-state index is 0.674. The third kappa shape index (κ3) is 4.03. The topological polar surface area (TPSA) is 24.7 Å². The second kappa shape index (κ2) is 6.38. The van der Waals surface area contributed by atoms with E-state index in [0.29, 0.717) is 6.54 Å². The molecule has 2 aromatic rings. The maximum Gasteiger partial charge on any atom is 0.110 e. The standard InChI is InChI=1S/C15H14N2/c1-3-7-14(8-4-1)11-16-13-17-12-15-9-5-2-6-10-15/h1-11,13H,12H2/b16-11+,17-13-. The lowest BCUT2D eigenvalue weighted by Crippen LogP contribution is -1.82. The van der Waals surface area contributed by atoms with Gasteiger partial charge in [-0.05, 0) is 11.1 Å². The molecular weight excluding hydrogens is 208 g/mol. The molecule has 0 aliphatic rings. The van der Waals surface area contributed by atoms with Crippen molar-refractivity contribution >= 4 is 12.6 Å². The highest BCUT2D eigenvalue weighted by Gasteiger charge is 1.85. The Kier molecular flexibility index (Phi) is 4.23. The van der Waals surface area contributed by atoms with Crippen LogP contribution in [0.4, 0.5) is 0 Å². The summed E-state index contributed by atoms with van der Waals surface area (Å²) in [5, 5.41) is 0. The van der Waals surface area contributed by atoms with Crippen molar-refractivity contribution in [2.75, 3.05) is 0 Å². The highest BCUT2D eigenvalue weighted by Crippen LogP contribution is 1.99. The van der Waals surface area contributed by atoms with Crippen LogP contribution in [0.15, 0.2) is 70.6 Å². The van der Waals surface area contributed by atoms with Gasteiger partial charge < -0.3 is 0 Å². The summed E-state index contributed by atoms with van der Waals surface area (Å²) in [6.07, 6.45) is 3.40. The Hall–Kier alpha value is -2.22. The summed E-state index contributed by atoms with van der Waals surface area (Å²) >= 11 is 0. The molecule has 2 rings (SSSR count). The van der Waals surface area contributed by atoms with Crippen molar-refractivity contribution in [2.45, 2.75) is 6.54 Å². The van der Waals surface area contributed by atoms with Crippen LogP contribution >= 0.6 is 0 Å². The summed E-state index contributed by atoms with van der Waals surface area (Å²) in [4.78, 5) is 8.37. The molecule has 0 aromatic heterocycles. The second-order valence-electron chi connectivity index (χ2n) is 3.63. The SMILES string of the molecule is C(=N/Cc1ccccc1)/N=C/c1ccccc1. The zero-order valence-corrected chi connectivity index (χ0v) is 9.53. The molecule has 0 atom stereocenters. The lowest BCUT2D eigenvalue weighted by atomic mass is 10.2. The van der Waals surface area contributed by atoms with Crippen LogP contribution in [0.25, 0.3) is 0 Å². The van der Waals surface area contributed by atoms with Crippen LogP contribution in [0.5, 0.6) is 0 Å². The molecule has 0 radical (unpaired) electrons. The van der Waals surface area contributed by atoms with Crippen LogP contribution < -0.4 is 0 Å². The van der Waals surface area contributed by atoms with Gasteiger partial charge in [-0.2, -0.15) is 0 Å². The van der Waals surface area contributed by atoms with Crippen LogP contribution in [0.1, 0.15) is 11.1 Å². The Labute approximate surface area is 101 Å². The van der Waals surface area contributed by atoms with Gasteiger partial charge in [0, 0.05) is 6.21 Å². The summed E-state index contributed by atoms with van der Waals surface area (Å²) in [6, 6.07) is 20.1. The van der Waals surface area contributed by atoms with Crippen molar-refractivity contribution in [3.63, 3.8) is 0 Å². The first kappa shape index (κ1) is 11.3. The molecule has 0 amide bonds. The van der Waals surface area contributed by atoms with Crippen LogP contribution in [0.3, 0.4) is 0 Å². The molecule has 0 saturated carbocycles. The van der Waals surface area contributed by atoms with Crippen molar-refractivity contribution in [3.8, 4) is 0 Å². The summed E-state index contributed by atoms with van der Waals surface area (Å²) < 4.78 is 0. The zero-order chi connectivity index (χ0) is 11.8. The Bertz CT molecular complexity index is 487. The van der Waals surface area contributed by atoms with E-state index in [-0.39, 0.29) is 0 Å². The van der Waals surface area contributed by atoms with Crippen molar-refractivity contribution in [2.24, 2.45) is 9.98 Å². The first-order valence-electron chi connectivity index (χ1n) is 5.55. The molecule has 0 aliphatic carbocycles. The van der Waals surface area contributed by atoms with Crippen molar-refractivity contribution in [3.05, 3.63) is 71.8 Å². The maximum atomic E-state index is 4.23. The fraction of sp³-hybridized carbons (Fsp3) is 0.0667. The molecule has 2 nitrogen and oxygen atoms in total. The summed E-state index contributed by atoms with van der Waals surface area (Å²) in [5.41, 5.74) is 2.28. The molecule has 17 heavy (non-hydrogen) atoms. The average molecular weight is 222 g/mol. The number of aliphatic imine (C=N–C) groups is 2. The van der Waals surface area contributed by atoms with E-state index in [0.717, 1.165) is 5.56 Å². The second-order valence-corrected chi connectivity index (χ2v) is 3.63. The van der Waals surface area contributed by atoms with Gasteiger partial charge in [0.25, 0.3) is 0 Å². The Balaban J connectivity index is 1.85. The van der Waals surface area contributed by atoms with E-state index in [1.54, 1.807) is 12.6 Å². The van der Waals surface area contributed by atoms with Crippen LogP contribution in [-0.4, -0.2) is 12.6 Å². The molecule has 84 valence electrons. The maximum absolute atomic E-state index is 4.23. The van der Waals surface area contributed by atoms with Gasteiger partial charge >= 0.3 is 0 Å². The van der Waals surface area contributed by atoms with E-state index in [4.69, 9.17) is 0 Å². The highest BCUT2D eigenvalue weighted by atomic mass is 14.8. The van der Waals surface area contributed by atoms with Gasteiger partial charge in [0.15, 0.2) is 0 Å². The normalized spacial score (nSPS) is 11.3. The summed E-state index contributed by atoms with van der Waals surface area (Å²) in [6.45, 7) is 0.674. The van der Waals surface area contributed by atoms with Crippen molar-refractivity contribution in [1.29, 1.82) is 0 Å². The number of benzene rings is 2.